The van der Waals surface area contributed by atoms with Crippen molar-refractivity contribution in [3.8, 4) is 5.75 Å². The first kappa shape index (κ1) is 37.2. The standard InChI is InChI=1S/C47H46O7/c1-49-41-29-27-37(28-30-41)33-51-44-43(50-31-35-17-7-2-8-18-35)42(54-46(48)45(44)52-32-36-19-9-3-10-20-36)34-53-47(38-21-11-4-12-22-38,39-23-13-5-14-24-39)40-25-15-6-16-26-40/h2-30,42-46,48H,31-34H2,1H3/t42-,43-,44+,45-,46+/m1/s1. The van der Waals surface area contributed by atoms with Crippen molar-refractivity contribution >= 4 is 0 Å². The fraction of sp³-hybridized carbons (Fsp3) is 0.234. The van der Waals surface area contributed by atoms with E-state index in [2.05, 4.69) is 36.4 Å². The summed E-state index contributed by atoms with van der Waals surface area (Å²) in [5.74, 6) is 0.754. The molecule has 54 heavy (non-hydrogen) atoms. The molecule has 0 bridgehead atoms. The fourth-order valence-electron chi connectivity index (χ4n) is 7.02. The monoisotopic (exact) mass is 722 g/mol. The van der Waals surface area contributed by atoms with Crippen LogP contribution in [0.2, 0.25) is 0 Å². The molecule has 1 N–H and O–H groups in total. The van der Waals surface area contributed by atoms with E-state index in [-0.39, 0.29) is 26.4 Å². The van der Waals surface area contributed by atoms with Crippen LogP contribution in [0.15, 0.2) is 176 Å². The van der Waals surface area contributed by atoms with Crippen molar-refractivity contribution in [2.75, 3.05) is 13.7 Å². The van der Waals surface area contributed by atoms with Crippen LogP contribution in [0, 0.1) is 0 Å². The zero-order valence-corrected chi connectivity index (χ0v) is 30.4. The Morgan fingerprint density at radius 1 is 0.481 bits per heavy atom. The number of methoxy groups -OCH3 is 1. The van der Waals surface area contributed by atoms with Crippen molar-refractivity contribution in [3.63, 3.8) is 0 Å². The lowest BCUT2D eigenvalue weighted by molar-refractivity contribution is -0.319. The van der Waals surface area contributed by atoms with Crippen LogP contribution in [0.5, 0.6) is 5.75 Å². The lowest BCUT2D eigenvalue weighted by Crippen LogP contribution is -2.61. The Hall–Kier alpha value is -5.12. The number of benzene rings is 6. The van der Waals surface area contributed by atoms with E-state index in [1.807, 2.05) is 140 Å². The summed E-state index contributed by atoms with van der Waals surface area (Å²) >= 11 is 0. The molecule has 1 fully saturated rings. The van der Waals surface area contributed by atoms with Crippen LogP contribution in [0.4, 0.5) is 0 Å². The minimum atomic E-state index is -1.33. The van der Waals surface area contributed by atoms with Crippen molar-refractivity contribution < 1.29 is 33.5 Å². The van der Waals surface area contributed by atoms with Crippen molar-refractivity contribution in [2.24, 2.45) is 0 Å². The Balaban J connectivity index is 1.25. The third kappa shape index (κ3) is 8.80. The highest BCUT2D eigenvalue weighted by Crippen LogP contribution is 2.41. The normalized spacial score (nSPS) is 20.0. The number of aliphatic hydroxyl groups is 1. The Labute approximate surface area is 317 Å². The maximum atomic E-state index is 11.8. The van der Waals surface area contributed by atoms with Gasteiger partial charge in [-0.2, -0.15) is 0 Å². The number of rotatable bonds is 16. The minimum Gasteiger partial charge on any atom is -0.497 e. The van der Waals surface area contributed by atoms with Gasteiger partial charge in [-0.25, -0.2) is 0 Å². The number of aliphatic hydroxyl groups excluding tert-OH is 1. The summed E-state index contributed by atoms with van der Waals surface area (Å²) in [5.41, 5.74) is 4.74. The van der Waals surface area contributed by atoms with E-state index in [0.29, 0.717) is 0 Å². The average molecular weight is 723 g/mol. The predicted octanol–water partition coefficient (Wildman–Crippen LogP) is 8.48. The Morgan fingerprint density at radius 2 is 0.870 bits per heavy atom. The van der Waals surface area contributed by atoms with E-state index in [1.165, 1.54) is 0 Å². The predicted molar refractivity (Wildman–Crippen MR) is 208 cm³/mol. The molecule has 1 aliphatic heterocycles. The molecule has 6 aromatic carbocycles. The molecule has 5 atom stereocenters. The lowest BCUT2D eigenvalue weighted by Gasteiger charge is -2.45. The van der Waals surface area contributed by atoms with Crippen LogP contribution >= 0.6 is 0 Å². The fourth-order valence-corrected chi connectivity index (χ4v) is 7.02. The molecule has 7 nitrogen and oxygen atoms in total. The van der Waals surface area contributed by atoms with E-state index in [4.69, 9.17) is 28.4 Å². The van der Waals surface area contributed by atoms with Gasteiger partial charge in [-0.05, 0) is 45.5 Å². The van der Waals surface area contributed by atoms with E-state index < -0.39 is 36.3 Å². The Morgan fingerprint density at radius 3 is 1.31 bits per heavy atom. The van der Waals surface area contributed by atoms with Crippen LogP contribution in [-0.2, 0) is 49.1 Å². The molecule has 7 rings (SSSR count). The Kier molecular flexibility index (Phi) is 12.6. The average Bonchev–Trinajstić information content (AvgIpc) is 3.24. The van der Waals surface area contributed by atoms with E-state index in [9.17, 15) is 5.11 Å². The molecule has 1 heterocycles. The van der Waals surface area contributed by atoms with Crippen LogP contribution in [0.3, 0.4) is 0 Å². The molecule has 0 radical (unpaired) electrons. The van der Waals surface area contributed by atoms with Gasteiger partial charge in [-0.1, -0.05) is 164 Å². The van der Waals surface area contributed by atoms with Crippen LogP contribution < -0.4 is 4.74 Å². The summed E-state index contributed by atoms with van der Waals surface area (Å²) in [6.07, 6.45) is -4.40. The van der Waals surface area contributed by atoms with Gasteiger partial charge in [0.05, 0.1) is 33.5 Å². The van der Waals surface area contributed by atoms with Gasteiger partial charge in [0.2, 0.25) is 0 Å². The minimum absolute atomic E-state index is 0.0585. The van der Waals surface area contributed by atoms with Crippen LogP contribution in [-0.4, -0.2) is 49.5 Å². The van der Waals surface area contributed by atoms with Gasteiger partial charge in [0.25, 0.3) is 0 Å². The van der Waals surface area contributed by atoms with Gasteiger partial charge >= 0.3 is 0 Å². The molecule has 6 aromatic rings. The highest BCUT2D eigenvalue weighted by atomic mass is 16.7. The summed E-state index contributed by atoms with van der Waals surface area (Å²) in [4.78, 5) is 0. The summed E-state index contributed by atoms with van der Waals surface area (Å²) in [6.45, 7) is 0.840. The van der Waals surface area contributed by atoms with E-state index in [1.54, 1.807) is 7.11 Å². The molecule has 0 spiro atoms. The highest BCUT2D eigenvalue weighted by molar-refractivity contribution is 5.47. The number of hydrogen-bond acceptors (Lipinski definition) is 7. The molecule has 7 heteroatoms. The second-order valence-corrected chi connectivity index (χ2v) is 13.3. The quantitative estimate of drug-likeness (QED) is 0.101. The summed E-state index contributed by atoms with van der Waals surface area (Å²) in [7, 11) is 1.64. The van der Waals surface area contributed by atoms with Gasteiger partial charge in [0, 0.05) is 0 Å². The van der Waals surface area contributed by atoms with Crippen molar-refractivity contribution in [1.82, 2.24) is 0 Å². The van der Waals surface area contributed by atoms with Crippen LogP contribution in [0.25, 0.3) is 0 Å². The first-order valence-electron chi connectivity index (χ1n) is 18.3. The van der Waals surface area contributed by atoms with E-state index >= 15 is 0 Å². The second-order valence-electron chi connectivity index (χ2n) is 13.3. The number of ether oxygens (including phenoxy) is 6. The highest BCUT2D eigenvalue weighted by Gasteiger charge is 2.49. The molecule has 0 aromatic heterocycles. The molecule has 0 amide bonds. The third-order valence-electron chi connectivity index (χ3n) is 9.79. The first-order chi connectivity index (χ1) is 26.6. The Bertz CT molecular complexity index is 1860. The van der Waals surface area contributed by atoms with Crippen molar-refractivity contribution in [1.29, 1.82) is 0 Å². The maximum absolute atomic E-state index is 11.8. The smallest absolute Gasteiger partial charge is 0.184 e. The summed E-state index contributed by atoms with van der Waals surface area (Å²) < 4.78 is 39.1. The molecule has 1 saturated heterocycles. The third-order valence-corrected chi connectivity index (χ3v) is 9.79. The first-order valence-corrected chi connectivity index (χ1v) is 18.3. The van der Waals surface area contributed by atoms with Gasteiger partial charge in [0.15, 0.2) is 6.29 Å². The van der Waals surface area contributed by atoms with Crippen molar-refractivity contribution in [3.05, 3.63) is 209 Å². The molecule has 1 aliphatic rings. The zero-order valence-electron chi connectivity index (χ0n) is 30.4. The molecule has 0 aliphatic carbocycles. The van der Waals surface area contributed by atoms with E-state index in [0.717, 1.165) is 39.1 Å². The van der Waals surface area contributed by atoms with Crippen LogP contribution in [0.1, 0.15) is 33.4 Å². The molecule has 0 saturated carbocycles. The van der Waals surface area contributed by atoms with Gasteiger partial charge in [0.1, 0.15) is 35.8 Å². The van der Waals surface area contributed by atoms with Gasteiger partial charge in [-0.3, -0.25) is 0 Å². The largest absolute Gasteiger partial charge is 0.497 e. The molecule has 276 valence electrons. The summed E-state index contributed by atoms with van der Waals surface area (Å²) in [6, 6.07) is 58.1. The van der Waals surface area contributed by atoms with Gasteiger partial charge in [-0.15, -0.1) is 0 Å². The topological polar surface area (TPSA) is 75.6 Å². The maximum Gasteiger partial charge on any atom is 0.184 e. The summed E-state index contributed by atoms with van der Waals surface area (Å²) in [5, 5.41) is 11.8. The van der Waals surface area contributed by atoms with Crippen molar-refractivity contribution in [2.45, 2.75) is 56.1 Å². The molecule has 0 unspecified atom stereocenters. The number of hydrogen-bond donors (Lipinski definition) is 1. The molecular weight excluding hydrogens is 677 g/mol. The lowest BCUT2D eigenvalue weighted by atomic mass is 9.80. The van der Waals surface area contributed by atoms with Gasteiger partial charge < -0.3 is 33.5 Å². The molecular formula is C47H46O7. The second kappa shape index (κ2) is 18.3. The SMILES string of the molecule is COc1ccc(CO[C@@H]2[C@@H](OCc3ccccc3)[C@@H](O)O[C@H](COC(c3ccccc3)(c3ccccc3)c3ccccc3)[C@H]2OCc2ccccc2)cc1. The zero-order chi connectivity index (χ0) is 37.0.